The van der Waals surface area contributed by atoms with Gasteiger partial charge in [-0.25, -0.2) is 0 Å². The van der Waals surface area contributed by atoms with Crippen LogP contribution in [0.2, 0.25) is 0 Å². The van der Waals surface area contributed by atoms with E-state index >= 15 is 0 Å². The van der Waals surface area contributed by atoms with E-state index in [0.29, 0.717) is 12.8 Å². The van der Waals surface area contributed by atoms with Crippen molar-refractivity contribution < 1.29 is 24.2 Å². The Labute approximate surface area is 499 Å². The van der Waals surface area contributed by atoms with Crippen molar-refractivity contribution in [3.63, 3.8) is 0 Å². The highest BCUT2D eigenvalue weighted by Gasteiger charge is 2.16. The van der Waals surface area contributed by atoms with Crippen LogP contribution < -0.4 is 0 Å². The second-order valence-electron chi connectivity index (χ2n) is 23.9. The van der Waals surface area contributed by atoms with Crippen LogP contribution in [0.15, 0.2) is 72.9 Å². The van der Waals surface area contributed by atoms with E-state index in [2.05, 4.69) is 86.8 Å². The van der Waals surface area contributed by atoms with E-state index in [1.807, 2.05) is 0 Å². The molecule has 0 aliphatic rings. The number of unbranched alkanes of at least 4 members (excludes halogenated alkanes) is 46. The molecule has 0 fully saturated rings. The van der Waals surface area contributed by atoms with Crippen LogP contribution in [-0.2, 0) is 19.1 Å². The number of ether oxygens (including phenoxy) is 2. The molecule has 0 spiro atoms. The summed E-state index contributed by atoms with van der Waals surface area (Å²) in [4.78, 5) is 24.6. The SMILES string of the molecule is CC/C=C\C/C=C\C/C=C\C/C=C\C/C=C\CCCCCCCCCCCCCC(=O)OC(CO)COC(=O)CCCCCCCCCCCCCCCCCCCCCCCCCCCCC/C=C\CCCCCCCCCC. The summed E-state index contributed by atoms with van der Waals surface area (Å²) in [6.45, 7) is 4.07. The molecule has 0 amide bonds. The lowest BCUT2D eigenvalue weighted by atomic mass is 10.0. The molecular weight excluding hydrogens is 981 g/mol. The van der Waals surface area contributed by atoms with E-state index in [-0.39, 0.29) is 25.2 Å². The summed E-state index contributed by atoms with van der Waals surface area (Å²) in [6, 6.07) is 0. The lowest BCUT2D eigenvalue weighted by Gasteiger charge is -2.15. The quantitative estimate of drug-likeness (QED) is 0.0373. The zero-order chi connectivity index (χ0) is 57.6. The van der Waals surface area contributed by atoms with Gasteiger partial charge in [0, 0.05) is 12.8 Å². The Morgan fingerprint density at radius 1 is 0.300 bits per heavy atom. The lowest BCUT2D eigenvalue weighted by molar-refractivity contribution is -0.161. The van der Waals surface area contributed by atoms with E-state index in [1.165, 1.54) is 276 Å². The number of aliphatic hydroxyl groups is 1. The van der Waals surface area contributed by atoms with Gasteiger partial charge in [-0.2, -0.15) is 0 Å². The third kappa shape index (κ3) is 67.8. The highest BCUT2D eigenvalue weighted by Crippen LogP contribution is 2.19. The number of aliphatic hydroxyl groups excluding tert-OH is 1. The van der Waals surface area contributed by atoms with E-state index in [4.69, 9.17) is 9.47 Å². The molecule has 1 unspecified atom stereocenters. The molecule has 1 N–H and O–H groups in total. The summed E-state index contributed by atoms with van der Waals surface area (Å²) in [5, 5.41) is 9.70. The minimum atomic E-state index is -0.777. The van der Waals surface area contributed by atoms with Crippen molar-refractivity contribution in [2.45, 2.75) is 380 Å². The Hall–Kier alpha value is -2.66. The number of hydrogen-bond donors (Lipinski definition) is 1. The Bertz CT molecular complexity index is 1400. The first-order valence-corrected chi connectivity index (χ1v) is 35.5. The number of rotatable bonds is 66. The summed E-state index contributed by atoms with van der Waals surface area (Å²) < 4.78 is 10.8. The molecule has 0 aromatic carbocycles. The van der Waals surface area contributed by atoms with Crippen LogP contribution in [0.4, 0.5) is 0 Å². The summed E-state index contributed by atoms with van der Waals surface area (Å²) in [7, 11) is 0. The number of hydrogen-bond acceptors (Lipinski definition) is 5. The number of esters is 2. The Morgan fingerprint density at radius 3 is 0.825 bits per heavy atom. The van der Waals surface area contributed by atoms with Crippen molar-refractivity contribution in [2.24, 2.45) is 0 Å². The molecule has 0 saturated heterocycles. The molecule has 1 atom stereocenters. The smallest absolute Gasteiger partial charge is 0.306 e. The van der Waals surface area contributed by atoms with E-state index in [9.17, 15) is 14.7 Å². The van der Waals surface area contributed by atoms with Crippen LogP contribution in [0.3, 0.4) is 0 Å². The fourth-order valence-corrected chi connectivity index (χ4v) is 10.7. The normalized spacial score (nSPS) is 12.6. The molecule has 0 bridgehead atoms. The minimum Gasteiger partial charge on any atom is -0.462 e. The Balaban J connectivity index is 3.40. The van der Waals surface area contributed by atoms with Crippen LogP contribution in [0.5, 0.6) is 0 Å². The Kier molecular flexibility index (Phi) is 68.3. The number of carbonyl (C=O) groups is 2. The van der Waals surface area contributed by atoms with E-state index in [0.717, 1.165) is 70.6 Å². The topological polar surface area (TPSA) is 72.8 Å². The fraction of sp³-hybridized carbons (Fsp3) is 0.813. The van der Waals surface area contributed by atoms with Crippen LogP contribution in [0, 0.1) is 0 Å². The first-order valence-electron chi connectivity index (χ1n) is 35.5. The third-order valence-corrected chi connectivity index (χ3v) is 16.0. The lowest BCUT2D eigenvalue weighted by Crippen LogP contribution is -2.28. The highest BCUT2D eigenvalue weighted by molar-refractivity contribution is 5.70. The third-order valence-electron chi connectivity index (χ3n) is 16.0. The van der Waals surface area contributed by atoms with Gasteiger partial charge in [-0.05, 0) is 83.5 Å². The van der Waals surface area contributed by atoms with Gasteiger partial charge in [-0.1, -0.05) is 350 Å². The van der Waals surface area contributed by atoms with Crippen molar-refractivity contribution >= 4 is 11.9 Å². The van der Waals surface area contributed by atoms with Crippen LogP contribution in [0.1, 0.15) is 373 Å². The van der Waals surface area contributed by atoms with Gasteiger partial charge in [0.1, 0.15) is 6.61 Å². The molecule has 466 valence electrons. The van der Waals surface area contributed by atoms with E-state index in [1.54, 1.807) is 0 Å². The maximum atomic E-state index is 12.4. The zero-order valence-electron chi connectivity index (χ0n) is 53.6. The second kappa shape index (κ2) is 70.6. The Morgan fingerprint density at radius 2 is 0.537 bits per heavy atom. The summed E-state index contributed by atoms with van der Waals surface area (Å²) in [5.74, 6) is -0.579. The number of allylic oxidation sites excluding steroid dienone is 12. The van der Waals surface area contributed by atoms with Crippen molar-refractivity contribution in [2.75, 3.05) is 13.2 Å². The first kappa shape index (κ1) is 77.3. The summed E-state index contributed by atoms with van der Waals surface area (Å²) in [5.41, 5.74) is 0. The van der Waals surface area contributed by atoms with Gasteiger partial charge in [0.25, 0.3) is 0 Å². The minimum absolute atomic E-state index is 0.0653. The largest absolute Gasteiger partial charge is 0.462 e. The van der Waals surface area contributed by atoms with E-state index < -0.39 is 6.10 Å². The van der Waals surface area contributed by atoms with Crippen LogP contribution in [0.25, 0.3) is 0 Å². The van der Waals surface area contributed by atoms with Gasteiger partial charge < -0.3 is 14.6 Å². The predicted octanol–water partition coefficient (Wildman–Crippen LogP) is 24.7. The van der Waals surface area contributed by atoms with Crippen LogP contribution >= 0.6 is 0 Å². The monoisotopic (exact) mass is 1120 g/mol. The molecule has 0 aromatic rings. The van der Waals surface area contributed by atoms with Gasteiger partial charge >= 0.3 is 11.9 Å². The fourth-order valence-electron chi connectivity index (χ4n) is 10.7. The molecular formula is C75H136O5. The van der Waals surface area contributed by atoms with Crippen LogP contribution in [-0.4, -0.2) is 36.4 Å². The molecule has 0 aliphatic carbocycles. The molecule has 0 rings (SSSR count). The molecule has 0 heterocycles. The highest BCUT2D eigenvalue weighted by atomic mass is 16.6. The summed E-state index contributed by atoms with van der Waals surface area (Å²) >= 11 is 0. The molecule has 0 radical (unpaired) electrons. The van der Waals surface area contributed by atoms with Gasteiger partial charge in [-0.3, -0.25) is 9.59 Å². The van der Waals surface area contributed by atoms with Gasteiger partial charge in [-0.15, -0.1) is 0 Å². The molecule has 0 aliphatic heterocycles. The van der Waals surface area contributed by atoms with Crippen molar-refractivity contribution in [1.29, 1.82) is 0 Å². The molecule has 5 heteroatoms. The van der Waals surface area contributed by atoms with Crippen molar-refractivity contribution in [3.8, 4) is 0 Å². The van der Waals surface area contributed by atoms with Crippen molar-refractivity contribution in [1.82, 2.24) is 0 Å². The standard InChI is InChI=1S/C75H136O5/c1-3-5-7-9-11-13-15-17-19-21-23-25-27-29-31-32-33-34-35-36-37-38-39-40-41-42-44-45-47-49-51-53-55-57-59-61-63-65-67-69-74(77)79-72-73(71-76)80-75(78)70-68-66-64-62-60-58-56-54-52-50-48-46-43-30-28-26-24-22-20-18-16-14-12-10-8-6-4-2/h6,8,12,14,18,20-21,23-24,26,30,43,73,76H,3-5,7,9-11,13,15-17,19,22,25,27-29,31-42,44-72H2,1-2H3/b8-6-,14-12-,20-18-,23-21-,26-24-,43-30-. The predicted molar refractivity (Wildman–Crippen MR) is 353 cm³/mol. The number of carbonyl (C=O) groups excluding carboxylic acids is 2. The summed E-state index contributed by atoms with van der Waals surface area (Å²) in [6.07, 6.45) is 98.1. The molecule has 0 saturated carbocycles. The zero-order valence-corrected chi connectivity index (χ0v) is 53.6. The maximum absolute atomic E-state index is 12.4. The second-order valence-corrected chi connectivity index (χ2v) is 23.9. The van der Waals surface area contributed by atoms with Crippen molar-refractivity contribution in [3.05, 3.63) is 72.9 Å². The molecule has 80 heavy (non-hydrogen) atoms. The average Bonchev–Trinajstić information content (AvgIpc) is 3.46. The maximum Gasteiger partial charge on any atom is 0.306 e. The molecule has 5 nitrogen and oxygen atoms in total. The average molecular weight is 1120 g/mol. The van der Waals surface area contributed by atoms with Gasteiger partial charge in [0.2, 0.25) is 0 Å². The first-order chi connectivity index (χ1) is 39.6. The van der Waals surface area contributed by atoms with Gasteiger partial charge in [0.05, 0.1) is 6.61 Å². The molecule has 0 aromatic heterocycles. The van der Waals surface area contributed by atoms with Gasteiger partial charge in [0.15, 0.2) is 6.10 Å².